The summed E-state index contributed by atoms with van der Waals surface area (Å²) < 4.78 is 12.7. The van der Waals surface area contributed by atoms with Crippen LogP contribution in [-0.4, -0.2) is 55.6 Å². The van der Waals surface area contributed by atoms with Gasteiger partial charge in [0.2, 0.25) is 5.91 Å². The molecule has 1 aliphatic rings. The van der Waals surface area contributed by atoms with E-state index in [1.54, 1.807) is 18.0 Å². The van der Waals surface area contributed by atoms with Crippen molar-refractivity contribution in [1.82, 2.24) is 15.2 Å². The Labute approximate surface area is 106 Å². The molecule has 0 bridgehead atoms. The molecule has 0 spiro atoms. The number of nitrogens with one attached hydrogen (secondary N) is 1. The van der Waals surface area contributed by atoms with Crippen molar-refractivity contribution in [2.24, 2.45) is 0 Å². The fourth-order valence-corrected chi connectivity index (χ4v) is 1.89. The number of aromatic nitrogens is 1. The average molecular weight is 252 g/mol. The van der Waals surface area contributed by atoms with Crippen molar-refractivity contribution >= 4 is 11.7 Å². The molecule has 2 heterocycles. The molecular formula is C12H17FN4O. The van der Waals surface area contributed by atoms with Crippen LogP contribution in [0.3, 0.4) is 0 Å². The van der Waals surface area contributed by atoms with Gasteiger partial charge in [0, 0.05) is 33.2 Å². The molecule has 1 amide bonds. The van der Waals surface area contributed by atoms with Crippen LogP contribution in [0.5, 0.6) is 0 Å². The monoisotopic (exact) mass is 252 g/mol. The Balaban J connectivity index is 1.91. The molecule has 0 saturated carbocycles. The molecule has 2 rings (SSSR count). The largest absolute Gasteiger partial charge is 0.350 e. The van der Waals surface area contributed by atoms with E-state index < -0.39 is 0 Å². The molecule has 0 aromatic carbocycles. The summed E-state index contributed by atoms with van der Waals surface area (Å²) in [5.74, 6) is 0.297. The van der Waals surface area contributed by atoms with E-state index in [-0.39, 0.29) is 18.3 Å². The van der Waals surface area contributed by atoms with Gasteiger partial charge in [0.1, 0.15) is 11.6 Å². The number of halogens is 1. The van der Waals surface area contributed by atoms with E-state index in [0.29, 0.717) is 5.82 Å². The maximum atomic E-state index is 12.7. The highest BCUT2D eigenvalue weighted by molar-refractivity contribution is 5.81. The quantitative estimate of drug-likeness (QED) is 0.828. The lowest BCUT2D eigenvalue weighted by Crippen LogP contribution is -2.49. The van der Waals surface area contributed by atoms with E-state index in [2.05, 4.69) is 10.3 Å². The number of likely N-dealkylation sites (N-methyl/N-ethyl adjacent to an activating group) is 1. The van der Waals surface area contributed by atoms with E-state index in [1.165, 1.54) is 6.07 Å². The minimum atomic E-state index is -0.374. The molecule has 0 atom stereocenters. The lowest BCUT2D eigenvalue weighted by Gasteiger charge is -2.29. The Hall–Kier alpha value is -1.69. The molecule has 1 aromatic heterocycles. The number of hydrogen-bond donors (Lipinski definition) is 1. The van der Waals surface area contributed by atoms with Crippen molar-refractivity contribution in [3.63, 3.8) is 0 Å². The number of amides is 1. The van der Waals surface area contributed by atoms with Gasteiger partial charge >= 0.3 is 0 Å². The van der Waals surface area contributed by atoms with Crippen LogP contribution in [0.1, 0.15) is 0 Å². The standard InChI is InChI=1S/C12H17FN4O/c1-16(11-3-2-10(13)8-15-11)9-12(18)17-6-4-14-5-7-17/h2-3,8,14H,4-7,9H2,1H3. The number of piperazine rings is 1. The van der Waals surface area contributed by atoms with Crippen molar-refractivity contribution < 1.29 is 9.18 Å². The van der Waals surface area contributed by atoms with Gasteiger partial charge in [-0.3, -0.25) is 4.79 Å². The molecule has 1 N–H and O–H groups in total. The van der Waals surface area contributed by atoms with Crippen molar-refractivity contribution in [1.29, 1.82) is 0 Å². The van der Waals surface area contributed by atoms with Crippen LogP contribution in [-0.2, 0) is 4.79 Å². The first-order valence-corrected chi connectivity index (χ1v) is 5.98. The van der Waals surface area contributed by atoms with Crippen LogP contribution in [0.2, 0.25) is 0 Å². The van der Waals surface area contributed by atoms with E-state index in [1.807, 2.05) is 4.90 Å². The summed E-state index contributed by atoms with van der Waals surface area (Å²) in [7, 11) is 1.78. The number of carbonyl (C=O) groups excluding carboxylic acids is 1. The van der Waals surface area contributed by atoms with E-state index in [4.69, 9.17) is 0 Å². The minimum Gasteiger partial charge on any atom is -0.350 e. The second-order valence-electron chi connectivity index (χ2n) is 4.32. The van der Waals surface area contributed by atoms with Gasteiger partial charge in [0.05, 0.1) is 12.7 Å². The molecule has 1 aromatic rings. The SMILES string of the molecule is CN(CC(=O)N1CCNCC1)c1ccc(F)cn1. The third-order valence-corrected chi connectivity index (χ3v) is 2.95. The highest BCUT2D eigenvalue weighted by atomic mass is 19.1. The molecule has 98 valence electrons. The van der Waals surface area contributed by atoms with Crippen LogP contribution in [0.15, 0.2) is 18.3 Å². The number of anilines is 1. The predicted molar refractivity (Wildman–Crippen MR) is 66.9 cm³/mol. The summed E-state index contributed by atoms with van der Waals surface area (Å²) >= 11 is 0. The highest BCUT2D eigenvalue weighted by Crippen LogP contribution is 2.09. The van der Waals surface area contributed by atoms with Gasteiger partial charge < -0.3 is 15.1 Å². The van der Waals surface area contributed by atoms with Crippen LogP contribution < -0.4 is 10.2 Å². The van der Waals surface area contributed by atoms with Crippen LogP contribution >= 0.6 is 0 Å². The van der Waals surface area contributed by atoms with Gasteiger partial charge in [-0.1, -0.05) is 0 Å². The van der Waals surface area contributed by atoms with Gasteiger partial charge in [-0.15, -0.1) is 0 Å². The fraction of sp³-hybridized carbons (Fsp3) is 0.500. The summed E-state index contributed by atoms with van der Waals surface area (Å²) in [5, 5.41) is 3.20. The first kappa shape index (κ1) is 12.8. The van der Waals surface area contributed by atoms with Crippen LogP contribution in [0.4, 0.5) is 10.2 Å². The lowest BCUT2D eigenvalue weighted by atomic mass is 10.3. The maximum absolute atomic E-state index is 12.7. The first-order valence-electron chi connectivity index (χ1n) is 5.98. The third kappa shape index (κ3) is 3.16. The zero-order valence-electron chi connectivity index (χ0n) is 10.4. The van der Waals surface area contributed by atoms with Gasteiger partial charge in [-0.25, -0.2) is 9.37 Å². The fourth-order valence-electron chi connectivity index (χ4n) is 1.89. The molecule has 0 radical (unpaired) electrons. The van der Waals surface area contributed by atoms with Gasteiger partial charge in [-0.2, -0.15) is 0 Å². The third-order valence-electron chi connectivity index (χ3n) is 2.95. The molecule has 18 heavy (non-hydrogen) atoms. The second-order valence-corrected chi connectivity index (χ2v) is 4.32. The topological polar surface area (TPSA) is 48.5 Å². The van der Waals surface area contributed by atoms with Crippen molar-refractivity contribution in [2.45, 2.75) is 0 Å². The molecule has 1 saturated heterocycles. The molecule has 0 aliphatic carbocycles. The molecule has 1 fully saturated rings. The summed E-state index contributed by atoms with van der Waals surface area (Å²) in [6, 6.07) is 2.91. The van der Waals surface area contributed by atoms with E-state index in [9.17, 15) is 9.18 Å². The van der Waals surface area contributed by atoms with Gasteiger partial charge in [0.25, 0.3) is 0 Å². The average Bonchev–Trinajstić information content (AvgIpc) is 2.40. The van der Waals surface area contributed by atoms with Gasteiger partial charge in [-0.05, 0) is 12.1 Å². The Kier molecular flexibility index (Phi) is 4.09. The number of hydrogen-bond acceptors (Lipinski definition) is 4. The number of nitrogens with zero attached hydrogens (tertiary/aromatic N) is 3. The Morgan fingerprint density at radius 2 is 2.22 bits per heavy atom. The number of pyridine rings is 1. The van der Waals surface area contributed by atoms with Crippen LogP contribution in [0, 0.1) is 5.82 Å². The Bertz CT molecular complexity index is 403. The highest BCUT2D eigenvalue weighted by Gasteiger charge is 2.18. The normalized spacial score (nSPS) is 15.6. The predicted octanol–water partition coefficient (Wildman–Crippen LogP) is 0.0887. The lowest BCUT2D eigenvalue weighted by molar-refractivity contribution is -0.130. The van der Waals surface area contributed by atoms with E-state index >= 15 is 0 Å². The summed E-state index contributed by atoms with van der Waals surface area (Å²) in [6.45, 7) is 3.42. The summed E-state index contributed by atoms with van der Waals surface area (Å²) in [5.41, 5.74) is 0. The second kappa shape index (κ2) is 5.77. The molecule has 0 unspecified atom stereocenters. The van der Waals surface area contributed by atoms with Gasteiger partial charge in [0.15, 0.2) is 0 Å². The zero-order chi connectivity index (χ0) is 13.0. The van der Waals surface area contributed by atoms with E-state index in [0.717, 1.165) is 32.4 Å². The molecule has 1 aliphatic heterocycles. The number of rotatable bonds is 3. The number of carbonyl (C=O) groups is 1. The Morgan fingerprint density at radius 1 is 1.50 bits per heavy atom. The Morgan fingerprint density at radius 3 is 2.83 bits per heavy atom. The first-order chi connectivity index (χ1) is 8.66. The molecule has 6 heteroatoms. The van der Waals surface area contributed by atoms with Crippen molar-refractivity contribution in [2.75, 3.05) is 44.7 Å². The maximum Gasteiger partial charge on any atom is 0.242 e. The smallest absolute Gasteiger partial charge is 0.242 e. The van der Waals surface area contributed by atoms with Crippen molar-refractivity contribution in [3.05, 3.63) is 24.1 Å². The summed E-state index contributed by atoms with van der Waals surface area (Å²) in [4.78, 5) is 19.5. The van der Waals surface area contributed by atoms with Crippen molar-refractivity contribution in [3.8, 4) is 0 Å². The van der Waals surface area contributed by atoms with Crippen LogP contribution in [0.25, 0.3) is 0 Å². The molecular weight excluding hydrogens is 235 g/mol. The summed E-state index contributed by atoms with van der Waals surface area (Å²) in [6.07, 6.45) is 1.15. The zero-order valence-corrected chi connectivity index (χ0v) is 10.4. The minimum absolute atomic E-state index is 0.0742. The molecule has 5 nitrogen and oxygen atoms in total.